The van der Waals surface area contributed by atoms with Crippen molar-refractivity contribution in [3.8, 4) is 0 Å². The molecule has 0 unspecified atom stereocenters. The number of aromatic nitrogens is 2. The molecule has 98 valence electrons. The van der Waals surface area contributed by atoms with Crippen LogP contribution in [-0.4, -0.2) is 23.6 Å². The van der Waals surface area contributed by atoms with Crippen molar-refractivity contribution in [2.45, 2.75) is 26.2 Å². The lowest BCUT2D eigenvalue weighted by molar-refractivity contribution is 0.702. The van der Waals surface area contributed by atoms with Gasteiger partial charge in [-0.2, -0.15) is 4.98 Å². The van der Waals surface area contributed by atoms with E-state index < -0.39 is 0 Å². The number of fused-ring (bicyclic) bond motifs is 1. The number of hydrogen-bond acceptors (Lipinski definition) is 6. The second kappa shape index (κ2) is 5.97. The highest BCUT2D eigenvalue weighted by atomic mass is 32.1. The number of rotatable bonds is 6. The Bertz CT molecular complexity index is 510. The summed E-state index contributed by atoms with van der Waals surface area (Å²) in [5, 5.41) is 3.13. The maximum Gasteiger partial charge on any atom is 0.240 e. The minimum Gasteiger partial charge on any atom is -0.359 e. The van der Waals surface area contributed by atoms with Gasteiger partial charge >= 0.3 is 0 Å². The van der Waals surface area contributed by atoms with Crippen molar-refractivity contribution in [3.05, 3.63) is 11.4 Å². The molecule has 0 atom stereocenters. The van der Waals surface area contributed by atoms with Crippen molar-refractivity contribution in [3.63, 3.8) is 0 Å². The summed E-state index contributed by atoms with van der Waals surface area (Å²) in [4.78, 5) is 11.9. The first-order valence-corrected chi connectivity index (χ1v) is 7.07. The van der Waals surface area contributed by atoms with Gasteiger partial charge in [-0.1, -0.05) is 19.8 Å². The molecule has 0 fully saturated rings. The average molecular weight is 265 g/mol. The highest BCUT2D eigenvalue weighted by Crippen LogP contribution is 2.28. The molecule has 2 heterocycles. The summed E-state index contributed by atoms with van der Waals surface area (Å²) in [6.45, 7) is 3.21. The minimum atomic E-state index is 0.474. The first kappa shape index (κ1) is 13.0. The largest absolute Gasteiger partial charge is 0.359 e. The molecule has 0 amide bonds. The molecule has 3 N–H and O–H groups in total. The summed E-state index contributed by atoms with van der Waals surface area (Å²) in [5.74, 6) is 6.84. The number of nitrogens with one attached hydrogen (secondary N) is 1. The summed E-state index contributed by atoms with van der Waals surface area (Å²) >= 11 is 1.60. The fourth-order valence-electron chi connectivity index (χ4n) is 1.90. The molecule has 0 radical (unpaired) electrons. The summed E-state index contributed by atoms with van der Waals surface area (Å²) in [7, 11) is 2.06. The van der Waals surface area contributed by atoms with Gasteiger partial charge in [0.1, 0.15) is 10.6 Å². The first-order chi connectivity index (χ1) is 8.76. The van der Waals surface area contributed by atoms with Crippen LogP contribution in [0, 0.1) is 0 Å². The molecule has 0 aliphatic carbocycles. The lowest BCUT2D eigenvalue weighted by Gasteiger charge is -2.19. The molecule has 2 aromatic heterocycles. The Morgan fingerprint density at radius 3 is 2.94 bits per heavy atom. The second-order valence-electron chi connectivity index (χ2n) is 4.28. The van der Waals surface area contributed by atoms with E-state index in [0.29, 0.717) is 5.95 Å². The number of unbranched alkanes of at least 4 members (excludes halogenated alkanes) is 2. The maximum absolute atomic E-state index is 5.41. The Balaban J connectivity index is 2.27. The van der Waals surface area contributed by atoms with E-state index in [1.54, 1.807) is 11.3 Å². The van der Waals surface area contributed by atoms with Crippen LogP contribution in [0.1, 0.15) is 26.2 Å². The molecule has 0 saturated carbocycles. The van der Waals surface area contributed by atoms with Crippen molar-refractivity contribution >= 4 is 33.3 Å². The Morgan fingerprint density at radius 1 is 1.39 bits per heavy atom. The van der Waals surface area contributed by atoms with Gasteiger partial charge in [0.25, 0.3) is 0 Å². The van der Waals surface area contributed by atoms with Crippen LogP contribution in [0.5, 0.6) is 0 Å². The molecular weight excluding hydrogens is 246 g/mol. The van der Waals surface area contributed by atoms with Crippen LogP contribution >= 0.6 is 11.3 Å². The van der Waals surface area contributed by atoms with Crippen molar-refractivity contribution in [2.24, 2.45) is 5.84 Å². The molecule has 2 rings (SSSR count). The van der Waals surface area contributed by atoms with Gasteiger partial charge in [-0.15, -0.1) is 11.3 Å². The number of hydrogen-bond donors (Lipinski definition) is 2. The summed E-state index contributed by atoms with van der Waals surface area (Å²) < 4.78 is 0. The van der Waals surface area contributed by atoms with Crippen LogP contribution in [0.25, 0.3) is 10.2 Å². The van der Waals surface area contributed by atoms with Crippen molar-refractivity contribution in [1.82, 2.24) is 9.97 Å². The third-order valence-corrected chi connectivity index (χ3v) is 3.70. The number of nitrogens with zero attached hydrogens (tertiary/aromatic N) is 3. The average Bonchev–Trinajstić information content (AvgIpc) is 2.85. The zero-order valence-corrected chi connectivity index (χ0v) is 11.6. The third kappa shape index (κ3) is 2.70. The topological polar surface area (TPSA) is 67.1 Å². The SMILES string of the molecule is CCCCCN(C)c1nc(NN)nc2sccc12. The van der Waals surface area contributed by atoms with E-state index in [2.05, 4.69) is 40.3 Å². The molecular formula is C12H19N5S. The molecule has 0 aromatic carbocycles. The molecule has 0 aliphatic rings. The van der Waals surface area contributed by atoms with Gasteiger partial charge in [0.05, 0.1) is 5.39 Å². The standard InChI is InChI=1S/C12H19N5S/c1-3-4-5-7-17(2)10-9-6-8-18-11(9)15-12(14-10)16-13/h6,8H,3-5,7,13H2,1-2H3,(H,14,15,16). The Labute approximate surface area is 111 Å². The van der Waals surface area contributed by atoms with E-state index in [1.807, 2.05) is 5.38 Å². The van der Waals surface area contributed by atoms with Crippen molar-refractivity contribution < 1.29 is 0 Å². The molecule has 0 spiro atoms. The molecule has 0 bridgehead atoms. The van der Waals surface area contributed by atoms with Crippen LogP contribution in [-0.2, 0) is 0 Å². The van der Waals surface area contributed by atoms with Crippen LogP contribution < -0.4 is 16.2 Å². The molecule has 18 heavy (non-hydrogen) atoms. The highest BCUT2D eigenvalue weighted by molar-refractivity contribution is 7.16. The number of hydrazine groups is 1. The van der Waals surface area contributed by atoms with Gasteiger partial charge < -0.3 is 4.90 Å². The Hall–Kier alpha value is -1.40. The molecule has 5 nitrogen and oxygen atoms in total. The van der Waals surface area contributed by atoms with E-state index in [0.717, 1.165) is 22.6 Å². The summed E-state index contributed by atoms with van der Waals surface area (Å²) in [6, 6.07) is 2.06. The number of thiophene rings is 1. The Kier molecular flexibility index (Phi) is 4.33. The van der Waals surface area contributed by atoms with Crippen molar-refractivity contribution in [1.29, 1.82) is 0 Å². The zero-order chi connectivity index (χ0) is 13.0. The van der Waals surface area contributed by atoms with Gasteiger partial charge in [0, 0.05) is 13.6 Å². The normalized spacial score (nSPS) is 10.8. The Morgan fingerprint density at radius 2 is 2.22 bits per heavy atom. The van der Waals surface area contributed by atoms with Gasteiger partial charge in [-0.05, 0) is 17.9 Å². The molecule has 0 aliphatic heterocycles. The monoisotopic (exact) mass is 265 g/mol. The second-order valence-corrected chi connectivity index (χ2v) is 5.18. The summed E-state index contributed by atoms with van der Waals surface area (Å²) in [5.41, 5.74) is 2.53. The molecule has 2 aromatic rings. The predicted octanol–water partition coefficient (Wildman–Crippen LogP) is 2.60. The fourth-order valence-corrected chi connectivity index (χ4v) is 2.66. The maximum atomic E-state index is 5.41. The predicted molar refractivity (Wildman–Crippen MR) is 78.0 cm³/mol. The van der Waals surface area contributed by atoms with Gasteiger partial charge in [0.15, 0.2) is 0 Å². The van der Waals surface area contributed by atoms with Gasteiger partial charge in [0.2, 0.25) is 5.95 Å². The van der Waals surface area contributed by atoms with Crippen LogP contribution in [0.15, 0.2) is 11.4 Å². The molecule has 6 heteroatoms. The van der Waals surface area contributed by atoms with E-state index in [4.69, 9.17) is 5.84 Å². The molecule has 0 saturated heterocycles. The number of nitrogen functional groups attached to an aromatic ring is 1. The van der Waals surface area contributed by atoms with E-state index in [-0.39, 0.29) is 0 Å². The van der Waals surface area contributed by atoms with E-state index in [1.165, 1.54) is 19.3 Å². The zero-order valence-electron chi connectivity index (χ0n) is 10.8. The summed E-state index contributed by atoms with van der Waals surface area (Å²) in [6.07, 6.45) is 3.64. The van der Waals surface area contributed by atoms with Gasteiger partial charge in [-0.3, -0.25) is 5.43 Å². The number of nitrogens with two attached hydrogens (primary N) is 1. The fraction of sp³-hybridized carbons (Fsp3) is 0.500. The van der Waals surface area contributed by atoms with Crippen LogP contribution in [0.2, 0.25) is 0 Å². The number of anilines is 2. The lowest BCUT2D eigenvalue weighted by Crippen LogP contribution is -2.21. The quantitative estimate of drug-likeness (QED) is 0.477. The third-order valence-electron chi connectivity index (χ3n) is 2.89. The van der Waals surface area contributed by atoms with Crippen LogP contribution in [0.4, 0.5) is 11.8 Å². The van der Waals surface area contributed by atoms with E-state index in [9.17, 15) is 0 Å². The van der Waals surface area contributed by atoms with Gasteiger partial charge in [-0.25, -0.2) is 10.8 Å². The van der Waals surface area contributed by atoms with Crippen molar-refractivity contribution in [2.75, 3.05) is 23.9 Å². The smallest absolute Gasteiger partial charge is 0.240 e. The minimum absolute atomic E-state index is 0.474. The first-order valence-electron chi connectivity index (χ1n) is 6.19. The van der Waals surface area contributed by atoms with Crippen LogP contribution in [0.3, 0.4) is 0 Å². The lowest BCUT2D eigenvalue weighted by atomic mass is 10.2. The van der Waals surface area contributed by atoms with E-state index >= 15 is 0 Å². The highest BCUT2D eigenvalue weighted by Gasteiger charge is 2.11.